The van der Waals surface area contributed by atoms with Crippen LogP contribution in [0.15, 0.2) is 0 Å². The first-order chi connectivity index (χ1) is 8.43. The van der Waals surface area contributed by atoms with Gasteiger partial charge in [0, 0.05) is 27.1 Å². The smallest absolute Gasteiger partial charge is 0.315 e. The van der Waals surface area contributed by atoms with Crippen molar-refractivity contribution >= 4 is 17.9 Å². The average Bonchev–Trinajstić information content (AvgIpc) is 2.29. The fraction of sp³-hybridized carbons (Fsp3) is 0.727. The van der Waals surface area contributed by atoms with Crippen LogP contribution in [0.5, 0.6) is 0 Å². The summed E-state index contributed by atoms with van der Waals surface area (Å²) in [6, 6.07) is -0.386. The number of carboxylic acid groups (broad SMARTS) is 1. The van der Waals surface area contributed by atoms with E-state index in [-0.39, 0.29) is 24.9 Å². The van der Waals surface area contributed by atoms with Gasteiger partial charge >= 0.3 is 12.0 Å². The molecule has 0 radical (unpaired) electrons. The van der Waals surface area contributed by atoms with Crippen LogP contribution in [0.25, 0.3) is 0 Å². The Balaban J connectivity index is 3.43. The van der Waals surface area contributed by atoms with Crippen molar-refractivity contribution in [2.45, 2.75) is 25.7 Å². The molecule has 18 heavy (non-hydrogen) atoms. The first kappa shape index (κ1) is 16.2. The van der Waals surface area contributed by atoms with Gasteiger partial charge in [-0.25, -0.2) is 4.79 Å². The molecule has 0 aromatic heterocycles. The highest BCUT2D eigenvalue weighted by Gasteiger charge is 2.05. The quantitative estimate of drug-likeness (QED) is 0.535. The van der Waals surface area contributed by atoms with E-state index in [9.17, 15) is 14.4 Å². The summed E-state index contributed by atoms with van der Waals surface area (Å²) in [6.07, 6.45) is 2.24. The minimum atomic E-state index is -0.803. The zero-order valence-corrected chi connectivity index (χ0v) is 10.9. The molecule has 3 amide bonds. The first-order valence-electron chi connectivity index (χ1n) is 5.87. The predicted octanol–water partition coefficient (Wildman–Crippen LogP) is 0.0188. The third-order valence-electron chi connectivity index (χ3n) is 2.25. The fourth-order valence-corrected chi connectivity index (χ4v) is 1.16. The van der Waals surface area contributed by atoms with Crippen molar-refractivity contribution in [3.63, 3.8) is 0 Å². The van der Waals surface area contributed by atoms with E-state index in [0.717, 1.165) is 12.8 Å². The van der Waals surface area contributed by atoms with Crippen LogP contribution >= 0.6 is 0 Å². The summed E-state index contributed by atoms with van der Waals surface area (Å²) in [4.78, 5) is 34.0. The van der Waals surface area contributed by atoms with E-state index in [1.165, 1.54) is 4.90 Å². The van der Waals surface area contributed by atoms with Gasteiger partial charge in [-0.05, 0) is 12.8 Å². The summed E-state index contributed by atoms with van der Waals surface area (Å²) in [6.45, 7) is 0.444. The maximum absolute atomic E-state index is 11.2. The molecule has 0 aliphatic heterocycles. The molecule has 0 unspecified atom stereocenters. The molecule has 0 aliphatic carbocycles. The van der Waals surface area contributed by atoms with Gasteiger partial charge < -0.3 is 20.6 Å². The Kier molecular flexibility index (Phi) is 8.34. The average molecular weight is 259 g/mol. The van der Waals surface area contributed by atoms with Crippen molar-refractivity contribution in [3.8, 4) is 0 Å². The second-order valence-electron chi connectivity index (χ2n) is 4.10. The monoisotopic (exact) mass is 259 g/mol. The van der Waals surface area contributed by atoms with Gasteiger partial charge in [0.25, 0.3) is 0 Å². The number of likely N-dealkylation sites (N-methyl/N-ethyl adjacent to an activating group) is 1. The summed E-state index contributed by atoms with van der Waals surface area (Å²) >= 11 is 0. The Morgan fingerprint density at radius 2 is 1.72 bits per heavy atom. The summed E-state index contributed by atoms with van der Waals surface area (Å²) in [5, 5.41) is 13.4. The lowest BCUT2D eigenvalue weighted by atomic mass is 10.2. The molecule has 0 spiro atoms. The molecule has 0 atom stereocenters. The van der Waals surface area contributed by atoms with Crippen LogP contribution in [-0.2, 0) is 9.59 Å². The minimum Gasteiger partial charge on any atom is -0.481 e. The highest BCUT2D eigenvalue weighted by atomic mass is 16.4. The molecule has 0 saturated heterocycles. The zero-order chi connectivity index (χ0) is 14.0. The predicted molar refractivity (Wildman–Crippen MR) is 66.2 cm³/mol. The molecular formula is C11H21N3O4. The number of hydrogen-bond donors (Lipinski definition) is 3. The van der Waals surface area contributed by atoms with Crippen LogP contribution in [0.1, 0.15) is 25.7 Å². The van der Waals surface area contributed by atoms with Gasteiger partial charge in [-0.15, -0.1) is 0 Å². The number of carbonyl (C=O) groups excluding carboxylic acids is 2. The highest BCUT2D eigenvalue weighted by molar-refractivity contribution is 5.83. The molecule has 0 bridgehead atoms. The maximum Gasteiger partial charge on any atom is 0.315 e. The standard InChI is InChI=1S/C11H21N3O4/c1-14(2)9(15)8-13-11(18)12-7-5-3-4-6-10(16)17/h3-8H2,1-2H3,(H,16,17)(H2,12,13,18). The SMILES string of the molecule is CN(C)C(=O)CNC(=O)NCCCCCC(=O)O. The molecule has 0 fully saturated rings. The number of hydrogen-bond acceptors (Lipinski definition) is 3. The number of rotatable bonds is 8. The molecule has 0 aromatic rings. The van der Waals surface area contributed by atoms with Crippen LogP contribution in [0.3, 0.4) is 0 Å². The van der Waals surface area contributed by atoms with Gasteiger partial charge in [0.05, 0.1) is 6.54 Å². The van der Waals surface area contributed by atoms with Crippen LogP contribution < -0.4 is 10.6 Å². The van der Waals surface area contributed by atoms with E-state index in [1.807, 2.05) is 0 Å². The van der Waals surface area contributed by atoms with Crippen molar-refractivity contribution in [1.29, 1.82) is 0 Å². The van der Waals surface area contributed by atoms with Crippen molar-refractivity contribution in [3.05, 3.63) is 0 Å². The minimum absolute atomic E-state index is 0.0299. The number of amides is 3. The molecule has 7 nitrogen and oxygen atoms in total. The van der Waals surface area contributed by atoms with Crippen molar-refractivity contribution in [2.24, 2.45) is 0 Å². The van der Waals surface area contributed by atoms with E-state index < -0.39 is 5.97 Å². The zero-order valence-electron chi connectivity index (χ0n) is 10.9. The van der Waals surface area contributed by atoms with Crippen LogP contribution in [0.4, 0.5) is 4.79 Å². The van der Waals surface area contributed by atoms with Crippen molar-refractivity contribution < 1.29 is 19.5 Å². The summed E-state index contributed by atoms with van der Waals surface area (Å²) < 4.78 is 0. The normalized spacial score (nSPS) is 9.67. The Hall–Kier alpha value is -1.79. The maximum atomic E-state index is 11.2. The van der Waals surface area contributed by atoms with E-state index in [4.69, 9.17) is 5.11 Å². The van der Waals surface area contributed by atoms with Crippen LogP contribution in [0.2, 0.25) is 0 Å². The molecule has 0 heterocycles. The lowest BCUT2D eigenvalue weighted by Crippen LogP contribution is -2.41. The van der Waals surface area contributed by atoms with Crippen molar-refractivity contribution in [1.82, 2.24) is 15.5 Å². The number of unbranched alkanes of at least 4 members (excludes halogenated alkanes) is 2. The number of carbonyl (C=O) groups is 3. The third kappa shape index (κ3) is 9.44. The number of nitrogens with zero attached hydrogens (tertiary/aromatic N) is 1. The molecule has 0 aliphatic rings. The van der Waals surface area contributed by atoms with Gasteiger partial charge in [0.15, 0.2) is 0 Å². The molecule has 0 rings (SSSR count). The topological polar surface area (TPSA) is 98.7 Å². The van der Waals surface area contributed by atoms with Crippen LogP contribution in [0, 0.1) is 0 Å². The summed E-state index contributed by atoms with van der Waals surface area (Å²) in [5.74, 6) is -0.977. The Morgan fingerprint density at radius 1 is 1.06 bits per heavy atom. The first-order valence-corrected chi connectivity index (χ1v) is 5.87. The summed E-state index contributed by atoms with van der Waals surface area (Å²) in [5.41, 5.74) is 0. The molecule has 0 aromatic carbocycles. The molecular weight excluding hydrogens is 238 g/mol. The Labute approximate surface area is 107 Å². The van der Waals surface area contributed by atoms with Crippen LogP contribution in [-0.4, -0.2) is 55.1 Å². The third-order valence-corrected chi connectivity index (χ3v) is 2.25. The summed E-state index contributed by atoms with van der Waals surface area (Å²) in [7, 11) is 3.23. The van der Waals surface area contributed by atoms with Gasteiger partial charge in [-0.3, -0.25) is 9.59 Å². The van der Waals surface area contributed by atoms with Gasteiger partial charge in [-0.1, -0.05) is 6.42 Å². The van der Waals surface area contributed by atoms with Gasteiger partial charge in [0.2, 0.25) is 5.91 Å². The van der Waals surface area contributed by atoms with E-state index in [0.29, 0.717) is 13.0 Å². The van der Waals surface area contributed by atoms with Crippen molar-refractivity contribution in [2.75, 3.05) is 27.2 Å². The molecule has 104 valence electrons. The molecule has 7 heteroatoms. The van der Waals surface area contributed by atoms with E-state index in [2.05, 4.69) is 10.6 Å². The van der Waals surface area contributed by atoms with E-state index >= 15 is 0 Å². The second kappa shape index (κ2) is 9.26. The highest BCUT2D eigenvalue weighted by Crippen LogP contribution is 1.98. The molecule has 0 saturated carbocycles. The lowest BCUT2D eigenvalue weighted by Gasteiger charge is -2.11. The number of nitrogens with one attached hydrogen (secondary N) is 2. The number of carboxylic acids is 1. The van der Waals surface area contributed by atoms with Gasteiger partial charge in [0.1, 0.15) is 0 Å². The van der Waals surface area contributed by atoms with E-state index in [1.54, 1.807) is 14.1 Å². The number of urea groups is 1. The number of aliphatic carboxylic acids is 1. The fourth-order valence-electron chi connectivity index (χ4n) is 1.16. The Bertz CT molecular complexity index is 292. The van der Waals surface area contributed by atoms with Gasteiger partial charge in [-0.2, -0.15) is 0 Å². The largest absolute Gasteiger partial charge is 0.481 e. The lowest BCUT2D eigenvalue weighted by molar-refractivity contribution is -0.137. The second-order valence-corrected chi connectivity index (χ2v) is 4.10. The Morgan fingerprint density at radius 3 is 2.28 bits per heavy atom. The molecule has 3 N–H and O–H groups in total.